The second kappa shape index (κ2) is 12.3. The summed E-state index contributed by atoms with van der Waals surface area (Å²) in [6, 6.07) is 43.0. The smallest absolute Gasteiger partial charge is 0.300 e. The van der Waals surface area contributed by atoms with Gasteiger partial charge in [-0.1, -0.05) is 72.8 Å². The van der Waals surface area contributed by atoms with Crippen molar-refractivity contribution in [2.45, 2.75) is 19.3 Å². The monoisotopic (exact) mass is 731 g/mol. The van der Waals surface area contributed by atoms with Crippen LogP contribution in [0.25, 0.3) is 44.8 Å². The van der Waals surface area contributed by atoms with E-state index in [-0.39, 0.29) is 32.7 Å². The van der Waals surface area contributed by atoms with Crippen molar-refractivity contribution in [3.63, 3.8) is 0 Å². The maximum Gasteiger partial charge on any atom is 2.00 e. The van der Waals surface area contributed by atoms with Crippen molar-refractivity contribution < 1.29 is 29.8 Å². The van der Waals surface area contributed by atoms with Crippen molar-refractivity contribution in [3.8, 4) is 44.8 Å². The van der Waals surface area contributed by atoms with Crippen LogP contribution >= 0.6 is 0 Å². The molecule has 0 bridgehead atoms. The fourth-order valence-electron chi connectivity index (χ4n) is 5.01. The van der Waals surface area contributed by atoms with Gasteiger partial charge in [-0.15, -0.1) is 59.7 Å². The summed E-state index contributed by atoms with van der Waals surface area (Å²) < 4.78 is 28.6. The number of nitrogens with zero attached hydrogens (tertiary/aromatic N) is 2. The second-order valence-electron chi connectivity index (χ2n) is 10.4. The van der Waals surface area contributed by atoms with Gasteiger partial charge in [-0.2, -0.15) is 0 Å². The zero-order chi connectivity index (χ0) is 28.4. The molecule has 0 saturated carbocycles. The summed E-state index contributed by atoms with van der Waals surface area (Å²) in [6.07, 6.45) is 0. The molecule has 0 saturated heterocycles. The van der Waals surface area contributed by atoms with E-state index in [1.807, 2.05) is 84.9 Å². The number of benzene rings is 4. The van der Waals surface area contributed by atoms with Crippen molar-refractivity contribution in [3.05, 3.63) is 156 Å². The van der Waals surface area contributed by atoms with E-state index < -0.39 is 5.41 Å². The Balaban J connectivity index is 0.00000353. The molecule has 0 unspecified atom stereocenters. The predicted molar refractivity (Wildman–Crippen MR) is 160 cm³/mol. The first-order chi connectivity index (χ1) is 19.9. The first-order valence-electron chi connectivity index (χ1n) is 13.4. The quantitative estimate of drug-likeness (QED) is 0.160. The van der Waals surface area contributed by atoms with Crippen molar-refractivity contribution in [2.75, 3.05) is 0 Å². The molecule has 6 rings (SSSR count). The molecule has 0 aliphatic heterocycles. The van der Waals surface area contributed by atoms with Crippen LogP contribution in [0.15, 0.2) is 121 Å². The van der Waals surface area contributed by atoms with Crippen LogP contribution in [0.1, 0.15) is 25.2 Å². The average molecular weight is 732 g/mol. The number of pyridine rings is 2. The number of rotatable bonds is 6. The summed E-state index contributed by atoms with van der Waals surface area (Å²) in [6.45, 7) is 4.11. The van der Waals surface area contributed by atoms with Crippen LogP contribution in [0.4, 0.5) is 8.78 Å². The Morgan fingerprint density at radius 1 is 0.548 bits per heavy atom. The molecule has 42 heavy (non-hydrogen) atoms. The number of halogens is 2. The Bertz CT molecular complexity index is 1700. The summed E-state index contributed by atoms with van der Waals surface area (Å²) in [5.41, 5.74) is 7.03. The molecule has 4 aromatic carbocycles. The summed E-state index contributed by atoms with van der Waals surface area (Å²) >= 11 is 0. The third kappa shape index (κ3) is 5.86. The van der Waals surface area contributed by atoms with Crippen LogP contribution in [-0.4, -0.2) is 9.97 Å². The van der Waals surface area contributed by atoms with Crippen LogP contribution in [-0.2, 0) is 26.5 Å². The van der Waals surface area contributed by atoms with Crippen LogP contribution in [0, 0.1) is 23.8 Å². The fourth-order valence-corrected chi connectivity index (χ4v) is 5.01. The van der Waals surface area contributed by atoms with Gasteiger partial charge in [0, 0.05) is 28.4 Å². The topological polar surface area (TPSA) is 25.8 Å². The Hall–Kier alpha value is -4.27. The van der Waals surface area contributed by atoms with Crippen LogP contribution < -0.4 is 0 Å². The molecular weight excluding hydrogens is 705 g/mol. The summed E-state index contributed by atoms with van der Waals surface area (Å²) in [5, 5.41) is 0. The molecule has 0 fully saturated rings. The molecule has 5 heteroatoms. The van der Waals surface area contributed by atoms with Crippen molar-refractivity contribution in [1.82, 2.24) is 9.97 Å². The van der Waals surface area contributed by atoms with Crippen LogP contribution in [0.2, 0.25) is 0 Å². The molecule has 0 N–H and O–H groups in total. The van der Waals surface area contributed by atoms with E-state index in [4.69, 9.17) is 9.97 Å². The van der Waals surface area contributed by atoms with Crippen molar-refractivity contribution in [2.24, 2.45) is 0 Å². The van der Waals surface area contributed by atoms with Gasteiger partial charge in [0.1, 0.15) is 0 Å². The Morgan fingerprint density at radius 3 is 1.33 bits per heavy atom. The standard InChI is InChI=1S/C37H26F2N2.Pt/c1-37(2,33-21-19-31(25-11-5-3-6-12-25)35(40-33)27-15-9-17-29(38)23-27)34-22-20-32(26-13-7-4-8-14-26)36(41-34)28-16-10-18-30(39)24-28;/h3-14,17-24H,1-2H3;/q-2;+2. The SMILES string of the molecule is CC(C)(c1ccc(-c2ccccc2)c(-c2[c-]ccc(F)c2)n1)c1ccc(-c2ccccc2)c(-c2[c-]ccc(F)c2)n1.[Pt+2]. The van der Waals surface area contributed by atoms with Crippen molar-refractivity contribution in [1.29, 1.82) is 0 Å². The molecule has 0 aliphatic rings. The fraction of sp³-hybridized carbons (Fsp3) is 0.0811. The molecule has 0 aliphatic carbocycles. The molecule has 0 radical (unpaired) electrons. The molecule has 2 heterocycles. The van der Waals surface area contributed by atoms with Crippen molar-refractivity contribution >= 4 is 0 Å². The zero-order valence-electron chi connectivity index (χ0n) is 23.0. The molecule has 2 nitrogen and oxygen atoms in total. The molecule has 208 valence electrons. The Labute approximate surface area is 259 Å². The maximum atomic E-state index is 14.3. The molecule has 2 aromatic heterocycles. The van der Waals surface area contributed by atoms with Crippen LogP contribution in [0.5, 0.6) is 0 Å². The largest absolute Gasteiger partial charge is 2.00 e. The molecule has 0 atom stereocenters. The number of aromatic nitrogens is 2. The van der Waals surface area contributed by atoms with E-state index in [1.54, 1.807) is 12.1 Å². The van der Waals surface area contributed by atoms with E-state index in [1.165, 1.54) is 24.3 Å². The minimum absolute atomic E-state index is 0. The normalized spacial score (nSPS) is 11.1. The van der Waals surface area contributed by atoms with Gasteiger partial charge >= 0.3 is 21.1 Å². The van der Waals surface area contributed by atoms with Gasteiger partial charge in [0.15, 0.2) is 0 Å². The summed E-state index contributed by atoms with van der Waals surface area (Å²) in [7, 11) is 0. The number of hydrogen-bond donors (Lipinski definition) is 0. The van der Waals surface area contributed by atoms with Crippen LogP contribution in [0.3, 0.4) is 0 Å². The van der Waals surface area contributed by atoms with E-state index in [0.717, 1.165) is 33.6 Å². The Morgan fingerprint density at radius 2 is 0.952 bits per heavy atom. The molecule has 6 aromatic rings. The van der Waals surface area contributed by atoms with E-state index >= 15 is 0 Å². The predicted octanol–water partition coefficient (Wildman–Crippen LogP) is 9.35. The van der Waals surface area contributed by atoms with E-state index in [0.29, 0.717) is 22.5 Å². The average Bonchev–Trinajstić information content (AvgIpc) is 3.01. The van der Waals surface area contributed by atoms with Gasteiger partial charge in [-0.25, -0.2) is 8.78 Å². The minimum atomic E-state index is -0.644. The summed E-state index contributed by atoms with van der Waals surface area (Å²) in [4.78, 5) is 10.2. The first-order valence-corrected chi connectivity index (χ1v) is 13.4. The van der Waals surface area contributed by atoms with Gasteiger partial charge in [-0.3, -0.25) is 9.97 Å². The Kier molecular flexibility index (Phi) is 8.56. The van der Waals surface area contributed by atoms with Gasteiger partial charge in [0.25, 0.3) is 0 Å². The molecule has 0 spiro atoms. The van der Waals surface area contributed by atoms with Gasteiger partial charge < -0.3 is 0 Å². The minimum Gasteiger partial charge on any atom is -0.300 e. The van der Waals surface area contributed by atoms with Gasteiger partial charge in [-0.05, 0) is 59.6 Å². The third-order valence-corrected chi connectivity index (χ3v) is 7.28. The second-order valence-corrected chi connectivity index (χ2v) is 10.4. The zero-order valence-corrected chi connectivity index (χ0v) is 25.3. The van der Waals surface area contributed by atoms with E-state index in [9.17, 15) is 8.78 Å². The molecule has 0 amide bonds. The summed E-state index contributed by atoms with van der Waals surface area (Å²) in [5.74, 6) is -0.697. The third-order valence-electron chi connectivity index (χ3n) is 7.28. The van der Waals surface area contributed by atoms with E-state index in [2.05, 4.69) is 26.0 Å². The number of hydrogen-bond acceptors (Lipinski definition) is 2. The first kappa shape index (κ1) is 29.2. The van der Waals surface area contributed by atoms with Gasteiger partial charge in [0.05, 0.1) is 0 Å². The van der Waals surface area contributed by atoms with Gasteiger partial charge in [0.2, 0.25) is 0 Å². The maximum absolute atomic E-state index is 14.3. The molecular formula is C37H26F2N2Pt.